The normalized spacial score (nSPS) is 13.7. The van der Waals surface area contributed by atoms with Crippen molar-refractivity contribution in [2.75, 3.05) is 0 Å². The Hall–Kier alpha value is -5.46. The fourth-order valence-corrected chi connectivity index (χ4v) is 8.21. The molecule has 0 heterocycles. The van der Waals surface area contributed by atoms with Crippen LogP contribution in [-0.2, 0) is 5.41 Å². The molecule has 210 valence electrons. The third kappa shape index (κ3) is 3.48. The molecule has 10 rings (SSSR count). The van der Waals surface area contributed by atoms with Crippen LogP contribution in [0.2, 0.25) is 0 Å². The Morgan fingerprint density at radius 2 is 0.867 bits per heavy atom. The van der Waals surface area contributed by atoms with E-state index in [1.54, 1.807) is 0 Å². The molecular formula is C45H30. The van der Waals surface area contributed by atoms with Crippen molar-refractivity contribution in [1.29, 1.82) is 0 Å². The van der Waals surface area contributed by atoms with E-state index in [1.807, 2.05) is 0 Å². The quantitative estimate of drug-likeness (QED) is 0.194. The zero-order valence-corrected chi connectivity index (χ0v) is 25.4. The Morgan fingerprint density at radius 1 is 0.311 bits per heavy atom. The Bertz CT molecular complexity index is 2560. The van der Waals surface area contributed by atoms with Crippen molar-refractivity contribution in [1.82, 2.24) is 0 Å². The van der Waals surface area contributed by atoms with Crippen molar-refractivity contribution in [2.45, 2.75) is 19.3 Å². The van der Waals surface area contributed by atoms with Crippen LogP contribution < -0.4 is 0 Å². The molecule has 0 nitrogen and oxygen atoms in total. The largest absolute Gasteiger partial charge is 0.0619 e. The summed E-state index contributed by atoms with van der Waals surface area (Å²) in [5.74, 6) is 0. The van der Waals surface area contributed by atoms with E-state index >= 15 is 0 Å². The Labute approximate surface area is 263 Å². The molecule has 0 saturated heterocycles. The van der Waals surface area contributed by atoms with E-state index in [2.05, 4.69) is 159 Å². The summed E-state index contributed by atoms with van der Waals surface area (Å²) in [5.41, 5.74) is 16.0. The molecule has 0 bridgehead atoms. The maximum absolute atomic E-state index is 2.41. The van der Waals surface area contributed by atoms with Crippen LogP contribution in [0, 0.1) is 0 Å². The highest BCUT2D eigenvalue weighted by Crippen LogP contribution is 2.50. The third-order valence-electron chi connectivity index (χ3n) is 10.5. The molecule has 0 heteroatoms. The third-order valence-corrected chi connectivity index (χ3v) is 10.5. The second-order valence-corrected chi connectivity index (χ2v) is 13.4. The summed E-state index contributed by atoms with van der Waals surface area (Å²) in [4.78, 5) is 0. The van der Waals surface area contributed by atoms with Gasteiger partial charge in [0.15, 0.2) is 0 Å². The summed E-state index contributed by atoms with van der Waals surface area (Å²) in [5, 5.41) is 7.81. The van der Waals surface area contributed by atoms with Crippen LogP contribution in [0.5, 0.6) is 0 Å². The first-order valence-corrected chi connectivity index (χ1v) is 15.9. The Balaban J connectivity index is 1.05. The van der Waals surface area contributed by atoms with E-state index in [4.69, 9.17) is 0 Å². The highest BCUT2D eigenvalue weighted by atomic mass is 14.4. The molecule has 2 aliphatic rings. The lowest BCUT2D eigenvalue weighted by Gasteiger charge is -2.21. The van der Waals surface area contributed by atoms with Crippen molar-refractivity contribution in [3.05, 3.63) is 157 Å². The molecule has 0 saturated carbocycles. The maximum Gasteiger partial charge on any atom is 0.0159 e. The minimum Gasteiger partial charge on any atom is -0.0619 e. The van der Waals surface area contributed by atoms with E-state index in [1.165, 1.54) is 99.1 Å². The second kappa shape index (κ2) is 8.80. The van der Waals surface area contributed by atoms with Crippen LogP contribution in [0.4, 0.5) is 0 Å². The lowest BCUT2D eigenvalue weighted by molar-refractivity contribution is 0.661. The molecule has 0 amide bonds. The zero-order chi connectivity index (χ0) is 29.9. The average Bonchev–Trinajstić information content (AvgIpc) is 3.52. The summed E-state index contributed by atoms with van der Waals surface area (Å²) < 4.78 is 0. The maximum atomic E-state index is 2.41. The van der Waals surface area contributed by atoms with Gasteiger partial charge >= 0.3 is 0 Å². The van der Waals surface area contributed by atoms with Crippen LogP contribution >= 0.6 is 0 Å². The molecule has 0 radical (unpaired) electrons. The summed E-state index contributed by atoms with van der Waals surface area (Å²) in [6, 6.07) is 54.7. The molecular weight excluding hydrogens is 540 g/mol. The van der Waals surface area contributed by atoms with E-state index in [9.17, 15) is 0 Å². The van der Waals surface area contributed by atoms with Gasteiger partial charge in [0.25, 0.3) is 0 Å². The number of hydrogen-bond acceptors (Lipinski definition) is 0. The smallest absolute Gasteiger partial charge is 0.0159 e. The van der Waals surface area contributed by atoms with Gasteiger partial charge in [-0.25, -0.2) is 0 Å². The molecule has 2 aliphatic carbocycles. The first-order chi connectivity index (χ1) is 22.0. The molecule has 45 heavy (non-hydrogen) atoms. The highest BCUT2D eigenvalue weighted by Gasteiger charge is 2.35. The predicted octanol–water partition coefficient (Wildman–Crippen LogP) is 12.4. The minimum absolute atomic E-state index is 0.0218. The van der Waals surface area contributed by atoms with Gasteiger partial charge in [-0.05, 0) is 142 Å². The molecule has 0 aliphatic heterocycles. The molecule has 8 aromatic carbocycles. The van der Waals surface area contributed by atoms with E-state index in [0.29, 0.717) is 0 Å². The molecule has 8 aromatic rings. The monoisotopic (exact) mass is 570 g/mol. The second-order valence-electron chi connectivity index (χ2n) is 13.4. The van der Waals surface area contributed by atoms with Gasteiger partial charge < -0.3 is 0 Å². The van der Waals surface area contributed by atoms with Gasteiger partial charge in [-0.2, -0.15) is 0 Å². The molecule has 0 aromatic heterocycles. The van der Waals surface area contributed by atoms with Gasteiger partial charge in [0, 0.05) is 5.41 Å². The lowest BCUT2D eigenvalue weighted by atomic mass is 9.82. The van der Waals surface area contributed by atoms with Crippen molar-refractivity contribution < 1.29 is 0 Å². The topological polar surface area (TPSA) is 0 Å². The van der Waals surface area contributed by atoms with Gasteiger partial charge in [0.2, 0.25) is 0 Å². The molecule has 0 spiro atoms. The van der Waals surface area contributed by atoms with E-state index in [-0.39, 0.29) is 5.41 Å². The van der Waals surface area contributed by atoms with Gasteiger partial charge in [0.1, 0.15) is 0 Å². The molecule has 0 unspecified atom stereocenters. The number of hydrogen-bond donors (Lipinski definition) is 0. The molecule has 0 N–H and O–H groups in total. The number of rotatable bonds is 2. The lowest BCUT2D eigenvalue weighted by Crippen LogP contribution is -2.14. The summed E-state index contributed by atoms with van der Waals surface area (Å²) in [6.45, 7) is 4.70. The number of benzene rings is 8. The van der Waals surface area contributed by atoms with Gasteiger partial charge in [0.05, 0.1) is 0 Å². The average molecular weight is 571 g/mol. The Kier molecular flexibility index (Phi) is 4.88. The first-order valence-electron chi connectivity index (χ1n) is 15.9. The fourth-order valence-electron chi connectivity index (χ4n) is 8.21. The van der Waals surface area contributed by atoms with Crippen molar-refractivity contribution in [3.8, 4) is 55.6 Å². The van der Waals surface area contributed by atoms with Gasteiger partial charge in [-0.15, -0.1) is 0 Å². The molecule has 0 fully saturated rings. The van der Waals surface area contributed by atoms with Crippen molar-refractivity contribution >= 4 is 32.3 Å². The minimum atomic E-state index is 0.0218. The summed E-state index contributed by atoms with van der Waals surface area (Å²) >= 11 is 0. The SMILES string of the molecule is CC1(C)c2ccccc2-c2cc3cc(-c4ccc5cc(-c6cc7c8c(cccc8c6)-c6ccccc6-7)ccc5c4)ccc3cc21. The van der Waals surface area contributed by atoms with Crippen molar-refractivity contribution in [3.63, 3.8) is 0 Å². The van der Waals surface area contributed by atoms with Crippen LogP contribution in [-0.4, -0.2) is 0 Å². The summed E-state index contributed by atoms with van der Waals surface area (Å²) in [6.07, 6.45) is 0. The van der Waals surface area contributed by atoms with E-state index in [0.717, 1.165) is 0 Å². The first kappa shape index (κ1) is 24.9. The predicted molar refractivity (Wildman–Crippen MR) is 192 cm³/mol. The highest BCUT2D eigenvalue weighted by molar-refractivity contribution is 6.16. The number of fused-ring (bicyclic) bond motifs is 8. The fraction of sp³-hybridized carbons (Fsp3) is 0.0667. The Morgan fingerprint density at radius 3 is 1.60 bits per heavy atom. The van der Waals surface area contributed by atoms with Crippen molar-refractivity contribution in [2.24, 2.45) is 0 Å². The zero-order valence-electron chi connectivity index (χ0n) is 25.4. The molecule has 0 atom stereocenters. The summed E-state index contributed by atoms with van der Waals surface area (Å²) in [7, 11) is 0. The van der Waals surface area contributed by atoms with Crippen LogP contribution in [0.3, 0.4) is 0 Å². The van der Waals surface area contributed by atoms with Gasteiger partial charge in [-0.3, -0.25) is 0 Å². The van der Waals surface area contributed by atoms with Gasteiger partial charge in [-0.1, -0.05) is 117 Å². The van der Waals surface area contributed by atoms with Crippen LogP contribution in [0.15, 0.2) is 146 Å². The van der Waals surface area contributed by atoms with Crippen LogP contribution in [0.25, 0.3) is 88.0 Å². The standard InChI is InChI=1S/C45H30/c1-45(2)42-13-6-5-11-38(42)40-24-34-22-30(17-19-32(34)26-43(40)45)28-14-15-29-21-31(18-16-27(29)20-28)35-23-33-8-7-12-39-36-9-3-4-10-37(36)41(25-35)44(33)39/h3-26H,1-2H3. The van der Waals surface area contributed by atoms with Crippen LogP contribution in [0.1, 0.15) is 25.0 Å². The van der Waals surface area contributed by atoms with E-state index < -0.39 is 0 Å².